The largest absolute Gasteiger partial charge is 0.370 e. The molecule has 0 radical (unpaired) electrons. The van der Waals surface area contributed by atoms with E-state index in [0.29, 0.717) is 5.28 Å². The second kappa shape index (κ2) is 6.90. The van der Waals surface area contributed by atoms with Gasteiger partial charge in [0.2, 0.25) is 5.28 Å². The molecule has 0 amide bonds. The van der Waals surface area contributed by atoms with E-state index in [1.807, 2.05) is 6.07 Å². The standard InChI is InChI=1S/C13H21ClN4/c1-11-5-2-3-9-18(11)10-4-7-15-12-6-8-16-13(14)17-12/h6,8,11H,2-5,7,9-10H2,1H3,(H,15,16,17). The Morgan fingerprint density at radius 1 is 1.50 bits per heavy atom. The molecule has 1 aliphatic heterocycles. The van der Waals surface area contributed by atoms with Gasteiger partial charge in [0.15, 0.2) is 0 Å². The van der Waals surface area contributed by atoms with E-state index < -0.39 is 0 Å². The molecule has 1 unspecified atom stereocenters. The first kappa shape index (κ1) is 13.6. The van der Waals surface area contributed by atoms with Crippen LogP contribution in [0.2, 0.25) is 5.28 Å². The summed E-state index contributed by atoms with van der Waals surface area (Å²) in [5.74, 6) is 0.807. The van der Waals surface area contributed by atoms with Crippen LogP contribution in [0.5, 0.6) is 0 Å². The molecule has 0 spiro atoms. The van der Waals surface area contributed by atoms with E-state index in [1.165, 1.54) is 25.8 Å². The Kier molecular flexibility index (Phi) is 5.20. The second-order valence-electron chi connectivity index (χ2n) is 4.87. The number of halogens is 1. The third-order valence-electron chi connectivity index (χ3n) is 3.49. The lowest BCUT2D eigenvalue weighted by molar-refractivity contribution is 0.160. The number of hydrogen-bond donors (Lipinski definition) is 1. The molecule has 1 saturated heterocycles. The molecule has 4 nitrogen and oxygen atoms in total. The van der Waals surface area contributed by atoms with Gasteiger partial charge in [-0.25, -0.2) is 9.97 Å². The minimum absolute atomic E-state index is 0.296. The van der Waals surface area contributed by atoms with Crippen LogP contribution in [0.25, 0.3) is 0 Å². The summed E-state index contributed by atoms with van der Waals surface area (Å²) in [6.07, 6.45) is 6.87. The summed E-state index contributed by atoms with van der Waals surface area (Å²) < 4.78 is 0. The number of anilines is 1. The normalized spacial score (nSPS) is 20.9. The van der Waals surface area contributed by atoms with Crippen molar-refractivity contribution in [1.82, 2.24) is 14.9 Å². The zero-order valence-electron chi connectivity index (χ0n) is 10.9. The highest BCUT2D eigenvalue weighted by Gasteiger charge is 2.16. The molecule has 1 N–H and O–H groups in total. The van der Waals surface area contributed by atoms with Crippen LogP contribution in [0.1, 0.15) is 32.6 Å². The van der Waals surface area contributed by atoms with Crippen molar-refractivity contribution in [1.29, 1.82) is 0 Å². The van der Waals surface area contributed by atoms with Gasteiger partial charge in [-0.3, -0.25) is 0 Å². The molecular formula is C13H21ClN4. The van der Waals surface area contributed by atoms with Gasteiger partial charge in [-0.05, 0) is 50.4 Å². The molecule has 0 aromatic carbocycles. The molecule has 2 heterocycles. The van der Waals surface area contributed by atoms with E-state index in [2.05, 4.69) is 27.1 Å². The summed E-state index contributed by atoms with van der Waals surface area (Å²) in [6, 6.07) is 2.59. The minimum atomic E-state index is 0.296. The molecule has 0 saturated carbocycles. The van der Waals surface area contributed by atoms with E-state index in [4.69, 9.17) is 11.6 Å². The van der Waals surface area contributed by atoms with Crippen molar-refractivity contribution in [3.8, 4) is 0 Å². The van der Waals surface area contributed by atoms with Gasteiger partial charge in [0.1, 0.15) is 5.82 Å². The Labute approximate surface area is 114 Å². The Bertz CT molecular complexity index is 372. The molecular weight excluding hydrogens is 248 g/mol. The third-order valence-corrected chi connectivity index (χ3v) is 3.68. The molecule has 0 bridgehead atoms. The van der Waals surface area contributed by atoms with E-state index in [9.17, 15) is 0 Å². The first-order valence-electron chi connectivity index (χ1n) is 6.72. The average molecular weight is 269 g/mol. The summed E-state index contributed by atoms with van der Waals surface area (Å²) in [6.45, 7) is 5.67. The van der Waals surface area contributed by atoms with Crippen LogP contribution >= 0.6 is 11.6 Å². The van der Waals surface area contributed by atoms with Crippen LogP contribution in [0.15, 0.2) is 12.3 Å². The second-order valence-corrected chi connectivity index (χ2v) is 5.21. The summed E-state index contributed by atoms with van der Waals surface area (Å²) in [7, 11) is 0. The van der Waals surface area contributed by atoms with Crippen LogP contribution in [0.4, 0.5) is 5.82 Å². The number of rotatable bonds is 5. The first-order valence-corrected chi connectivity index (χ1v) is 7.10. The molecule has 1 fully saturated rings. The summed E-state index contributed by atoms with van der Waals surface area (Å²) in [5, 5.41) is 3.57. The number of aromatic nitrogens is 2. The Hall–Kier alpha value is -0.870. The maximum absolute atomic E-state index is 5.73. The lowest BCUT2D eigenvalue weighted by atomic mass is 10.0. The van der Waals surface area contributed by atoms with Crippen molar-refractivity contribution < 1.29 is 0 Å². The molecule has 1 aliphatic rings. The van der Waals surface area contributed by atoms with Gasteiger partial charge in [-0.1, -0.05) is 6.42 Å². The van der Waals surface area contributed by atoms with E-state index >= 15 is 0 Å². The summed E-state index contributed by atoms with van der Waals surface area (Å²) in [4.78, 5) is 10.5. The summed E-state index contributed by atoms with van der Waals surface area (Å²) in [5.41, 5.74) is 0. The highest BCUT2D eigenvalue weighted by Crippen LogP contribution is 2.16. The molecule has 1 aromatic heterocycles. The van der Waals surface area contributed by atoms with Crippen molar-refractivity contribution in [2.75, 3.05) is 25.0 Å². The average Bonchev–Trinajstić information content (AvgIpc) is 2.37. The van der Waals surface area contributed by atoms with Gasteiger partial charge in [-0.15, -0.1) is 0 Å². The number of hydrogen-bond acceptors (Lipinski definition) is 4. The summed E-state index contributed by atoms with van der Waals surface area (Å²) >= 11 is 5.73. The zero-order valence-corrected chi connectivity index (χ0v) is 11.7. The van der Waals surface area contributed by atoms with Crippen molar-refractivity contribution >= 4 is 17.4 Å². The van der Waals surface area contributed by atoms with Crippen molar-refractivity contribution in [3.63, 3.8) is 0 Å². The van der Waals surface area contributed by atoms with Gasteiger partial charge < -0.3 is 10.2 Å². The van der Waals surface area contributed by atoms with Crippen LogP contribution in [0.3, 0.4) is 0 Å². The SMILES string of the molecule is CC1CCCCN1CCCNc1ccnc(Cl)n1. The highest BCUT2D eigenvalue weighted by molar-refractivity contribution is 6.28. The number of nitrogens with zero attached hydrogens (tertiary/aromatic N) is 3. The smallest absolute Gasteiger partial charge is 0.224 e. The van der Waals surface area contributed by atoms with Crippen molar-refractivity contribution in [3.05, 3.63) is 17.5 Å². The lowest BCUT2D eigenvalue weighted by Gasteiger charge is -2.33. The Balaban J connectivity index is 1.66. The number of nitrogens with one attached hydrogen (secondary N) is 1. The highest BCUT2D eigenvalue weighted by atomic mass is 35.5. The van der Waals surface area contributed by atoms with Crippen LogP contribution in [-0.4, -0.2) is 40.5 Å². The fourth-order valence-corrected chi connectivity index (χ4v) is 2.57. The Morgan fingerprint density at radius 3 is 3.17 bits per heavy atom. The van der Waals surface area contributed by atoms with Gasteiger partial charge >= 0.3 is 0 Å². The topological polar surface area (TPSA) is 41.0 Å². The van der Waals surface area contributed by atoms with Crippen LogP contribution in [-0.2, 0) is 0 Å². The predicted molar refractivity (Wildman–Crippen MR) is 75.0 cm³/mol. The molecule has 2 rings (SSSR count). The van der Waals surface area contributed by atoms with Crippen molar-refractivity contribution in [2.45, 2.75) is 38.6 Å². The monoisotopic (exact) mass is 268 g/mol. The first-order chi connectivity index (χ1) is 8.75. The number of likely N-dealkylation sites (tertiary alicyclic amines) is 1. The maximum Gasteiger partial charge on any atom is 0.224 e. The maximum atomic E-state index is 5.73. The lowest BCUT2D eigenvalue weighted by Crippen LogP contribution is -2.38. The predicted octanol–water partition coefficient (Wildman–Crippen LogP) is 2.81. The molecule has 0 aliphatic carbocycles. The fourth-order valence-electron chi connectivity index (χ4n) is 2.42. The molecule has 100 valence electrons. The van der Waals surface area contributed by atoms with E-state index in [1.54, 1.807) is 6.20 Å². The number of piperidine rings is 1. The third kappa shape index (κ3) is 4.10. The zero-order chi connectivity index (χ0) is 12.8. The quantitative estimate of drug-likeness (QED) is 0.659. The molecule has 18 heavy (non-hydrogen) atoms. The Morgan fingerprint density at radius 2 is 2.39 bits per heavy atom. The van der Waals surface area contributed by atoms with E-state index in [0.717, 1.165) is 31.4 Å². The fraction of sp³-hybridized carbons (Fsp3) is 0.692. The minimum Gasteiger partial charge on any atom is -0.370 e. The van der Waals surface area contributed by atoms with Gasteiger partial charge in [0.05, 0.1) is 0 Å². The van der Waals surface area contributed by atoms with Gasteiger partial charge in [0.25, 0.3) is 0 Å². The van der Waals surface area contributed by atoms with E-state index in [-0.39, 0.29) is 0 Å². The van der Waals surface area contributed by atoms with Crippen LogP contribution < -0.4 is 5.32 Å². The molecule has 1 aromatic rings. The van der Waals surface area contributed by atoms with Crippen molar-refractivity contribution in [2.24, 2.45) is 0 Å². The van der Waals surface area contributed by atoms with Gasteiger partial charge in [0, 0.05) is 25.3 Å². The van der Waals surface area contributed by atoms with Gasteiger partial charge in [-0.2, -0.15) is 0 Å². The molecule has 5 heteroatoms. The van der Waals surface area contributed by atoms with Crippen LogP contribution in [0, 0.1) is 0 Å². The molecule has 1 atom stereocenters.